The predicted molar refractivity (Wildman–Crippen MR) is 86.0 cm³/mol. The zero-order valence-corrected chi connectivity index (χ0v) is 13.9. The first-order valence-electron chi connectivity index (χ1n) is 7.75. The van der Waals surface area contributed by atoms with Gasteiger partial charge in [-0.2, -0.15) is 4.98 Å². The molecule has 0 aliphatic carbocycles. The standard InChI is InChI=1S/C16H22N4O3/c1-5-20-11(4)6-7-12(16(20)22)15-18-14(23-19-15)9-8-13(21)17-10(2)3/h6-7,10H,5,8-9H2,1-4H3,(H,17,21). The highest BCUT2D eigenvalue weighted by Gasteiger charge is 2.15. The number of carbonyl (C=O) groups excluding carboxylic acids is 1. The molecule has 0 unspecified atom stereocenters. The van der Waals surface area contributed by atoms with E-state index in [0.717, 1.165) is 5.69 Å². The third kappa shape index (κ3) is 4.06. The molecule has 0 bridgehead atoms. The topological polar surface area (TPSA) is 90.0 Å². The van der Waals surface area contributed by atoms with Crippen molar-refractivity contribution < 1.29 is 9.32 Å². The minimum absolute atomic E-state index is 0.0663. The third-order valence-corrected chi connectivity index (χ3v) is 3.43. The van der Waals surface area contributed by atoms with E-state index >= 15 is 0 Å². The molecule has 2 rings (SSSR count). The van der Waals surface area contributed by atoms with Crippen molar-refractivity contribution in [3.05, 3.63) is 34.1 Å². The van der Waals surface area contributed by atoms with E-state index in [1.165, 1.54) is 0 Å². The van der Waals surface area contributed by atoms with Crippen molar-refractivity contribution in [2.45, 2.75) is 53.1 Å². The number of pyridine rings is 1. The van der Waals surface area contributed by atoms with Crippen molar-refractivity contribution in [3.63, 3.8) is 0 Å². The molecule has 0 saturated heterocycles. The van der Waals surface area contributed by atoms with Crippen LogP contribution in [-0.4, -0.2) is 26.7 Å². The van der Waals surface area contributed by atoms with E-state index < -0.39 is 0 Å². The Kier molecular flexibility index (Phi) is 5.31. The number of nitrogens with zero attached hydrogens (tertiary/aromatic N) is 3. The molecule has 1 amide bonds. The van der Waals surface area contributed by atoms with Gasteiger partial charge in [0.25, 0.3) is 5.56 Å². The number of hydrogen-bond acceptors (Lipinski definition) is 5. The van der Waals surface area contributed by atoms with Crippen LogP contribution in [0.15, 0.2) is 21.5 Å². The summed E-state index contributed by atoms with van der Waals surface area (Å²) in [5.41, 5.74) is 1.15. The van der Waals surface area contributed by atoms with E-state index in [4.69, 9.17) is 4.52 Å². The molecular formula is C16H22N4O3. The molecule has 0 aromatic carbocycles. The maximum atomic E-state index is 12.4. The molecule has 0 aliphatic heterocycles. The molecule has 7 nitrogen and oxygen atoms in total. The molecule has 1 N–H and O–H groups in total. The Hall–Kier alpha value is -2.44. The second-order valence-electron chi connectivity index (χ2n) is 5.67. The van der Waals surface area contributed by atoms with Gasteiger partial charge in [0.05, 0.1) is 5.56 Å². The summed E-state index contributed by atoms with van der Waals surface area (Å²) in [5, 5.41) is 6.66. The van der Waals surface area contributed by atoms with Crippen molar-refractivity contribution in [2.24, 2.45) is 0 Å². The van der Waals surface area contributed by atoms with Crippen molar-refractivity contribution >= 4 is 5.91 Å². The summed E-state index contributed by atoms with van der Waals surface area (Å²) in [7, 11) is 0. The molecule has 0 aliphatic rings. The molecule has 2 aromatic rings. The smallest absolute Gasteiger partial charge is 0.261 e. The summed E-state index contributed by atoms with van der Waals surface area (Å²) in [5.74, 6) is 0.543. The van der Waals surface area contributed by atoms with Crippen LogP contribution in [0.2, 0.25) is 0 Å². The van der Waals surface area contributed by atoms with Crippen LogP contribution in [0.3, 0.4) is 0 Å². The van der Waals surface area contributed by atoms with E-state index in [1.54, 1.807) is 10.6 Å². The highest BCUT2D eigenvalue weighted by atomic mass is 16.5. The van der Waals surface area contributed by atoms with E-state index in [0.29, 0.717) is 24.4 Å². The van der Waals surface area contributed by atoms with Gasteiger partial charge in [0, 0.05) is 31.1 Å². The zero-order valence-electron chi connectivity index (χ0n) is 13.9. The second kappa shape index (κ2) is 7.21. The van der Waals surface area contributed by atoms with Gasteiger partial charge in [-0.25, -0.2) is 0 Å². The summed E-state index contributed by atoms with van der Waals surface area (Å²) in [6.07, 6.45) is 0.617. The number of hydrogen-bond donors (Lipinski definition) is 1. The van der Waals surface area contributed by atoms with Crippen LogP contribution in [0.25, 0.3) is 11.4 Å². The fourth-order valence-corrected chi connectivity index (χ4v) is 2.31. The third-order valence-electron chi connectivity index (χ3n) is 3.43. The molecule has 0 spiro atoms. The molecule has 7 heteroatoms. The number of rotatable bonds is 6. The van der Waals surface area contributed by atoms with Crippen LogP contribution in [0.1, 0.15) is 38.8 Å². The number of nitrogens with one attached hydrogen (secondary N) is 1. The lowest BCUT2D eigenvalue weighted by Crippen LogP contribution is -2.30. The average molecular weight is 318 g/mol. The molecule has 23 heavy (non-hydrogen) atoms. The van der Waals surface area contributed by atoms with E-state index in [1.807, 2.05) is 33.8 Å². The maximum absolute atomic E-state index is 12.4. The van der Waals surface area contributed by atoms with Crippen molar-refractivity contribution in [2.75, 3.05) is 0 Å². The Morgan fingerprint density at radius 1 is 1.39 bits per heavy atom. The largest absolute Gasteiger partial charge is 0.354 e. The normalized spacial score (nSPS) is 11.0. The molecule has 124 valence electrons. The Morgan fingerprint density at radius 3 is 2.78 bits per heavy atom. The fourth-order valence-electron chi connectivity index (χ4n) is 2.31. The van der Waals surface area contributed by atoms with Crippen LogP contribution >= 0.6 is 0 Å². The molecule has 0 atom stereocenters. The maximum Gasteiger partial charge on any atom is 0.261 e. The minimum atomic E-state index is -0.141. The predicted octanol–water partition coefficient (Wildman–Crippen LogP) is 1.68. The Balaban J connectivity index is 2.14. The Labute approximate surface area is 134 Å². The van der Waals surface area contributed by atoms with Gasteiger partial charge < -0.3 is 14.4 Å². The van der Waals surface area contributed by atoms with Gasteiger partial charge in [-0.3, -0.25) is 9.59 Å². The zero-order chi connectivity index (χ0) is 17.0. The van der Waals surface area contributed by atoms with Crippen molar-refractivity contribution in [1.29, 1.82) is 0 Å². The number of carbonyl (C=O) groups is 1. The lowest BCUT2D eigenvalue weighted by atomic mass is 10.2. The van der Waals surface area contributed by atoms with Gasteiger partial charge in [-0.05, 0) is 39.8 Å². The van der Waals surface area contributed by atoms with Crippen LogP contribution < -0.4 is 10.9 Å². The number of amides is 1. The van der Waals surface area contributed by atoms with Gasteiger partial charge >= 0.3 is 0 Å². The lowest BCUT2D eigenvalue weighted by Gasteiger charge is -2.07. The van der Waals surface area contributed by atoms with E-state index in [9.17, 15) is 9.59 Å². The number of aryl methyl sites for hydroxylation is 2. The van der Waals surface area contributed by atoms with Gasteiger partial charge in [-0.15, -0.1) is 0 Å². The first kappa shape index (κ1) is 16.9. The summed E-state index contributed by atoms with van der Waals surface area (Å²) in [6, 6.07) is 3.65. The monoisotopic (exact) mass is 318 g/mol. The Morgan fingerprint density at radius 2 is 2.13 bits per heavy atom. The second-order valence-corrected chi connectivity index (χ2v) is 5.67. The van der Waals surface area contributed by atoms with Crippen LogP contribution in [-0.2, 0) is 17.8 Å². The molecule has 0 saturated carbocycles. The van der Waals surface area contributed by atoms with Crippen molar-refractivity contribution in [3.8, 4) is 11.4 Å². The summed E-state index contributed by atoms with van der Waals surface area (Å²) >= 11 is 0. The summed E-state index contributed by atoms with van der Waals surface area (Å²) in [6.45, 7) is 8.17. The molecular weight excluding hydrogens is 296 g/mol. The highest BCUT2D eigenvalue weighted by Crippen LogP contribution is 2.13. The minimum Gasteiger partial charge on any atom is -0.354 e. The van der Waals surface area contributed by atoms with Crippen LogP contribution in [0.4, 0.5) is 0 Å². The van der Waals surface area contributed by atoms with Gasteiger partial charge in [0.2, 0.25) is 17.6 Å². The molecule has 0 radical (unpaired) electrons. The molecule has 0 fully saturated rings. The van der Waals surface area contributed by atoms with Gasteiger partial charge in [0.1, 0.15) is 0 Å². The summed E-state index contributed by atoms with van der Waals surface area (Å²) in [4.78, 5) is 28.2. The summed E-state index contributed by atoms with van der Waals surface area (Å²) < 4.78 is 6.80. The quantitative estimate of drug-likeness (QED) is 0.875. The SMILES string of the molecule is CCn1c(C)ccc(-c2noc(CCC(=O)NC(C)C)n2)c1=O. The highest BCUT2D eigenvalue weighted by molar-refractivity contribution is 5.76. The average Bonchev–Trinajstić information content (AvgIpc) is 2.93. The number of aromatic nitrogens is 3. The van der Waals surface area contributed by atoms with E-state index in [2.05, 4.69) is 15.5 Å². The molecule has 2 heterocycles. The van der Waals surface area contributed by atoms with Crippen LogP contribution in [0.5, 0.6) is 0 Å². The first-order chi connectivity index (χ1) is 10.9. The Bertz CT molecular complexity index is 746. The molecule has 2 aromatic heterocycles. The fraction of sp³-hybridized carbons (Fsp3) is 0.500. The lowest BCUT2D eigenvalue weighted by molar-refractivity contribution is -0.121. The van der Waals surface area contributed by atoms with Crippen LogP contribution in [0, 0.1) is 6.92 Å². The van der Waals surface area contributed by atoms with Crippen molar-refractivity contribution in [1.82, 2.24) is 20.0 Å². The van der Waals surface area contributed by atoms with Gasteiger partial charge in [-0.1, -0.05) is 5.16 Å². The first-order valence-corrected chi connectivity index (χ1v) is 7.75. The van der Waals surface area contributed by atoms with Gasteiger partial charge in [0.15, 0.2) is 0 Å². The van der Waals surface area contributed by atoms with E-state index in [-0.39, 0.29) is 29.8 Å².